The van der Waals surface area contributed by atoms with Crippen LogP contribution in [0.4, 0.5) is 14.6 Å². The second-order valence-corrected chi connectivity index (χ2v) is 4.73. The van der Waals surface area contributed by atoms with E-state index in [1.165, 1.54) is 0 Å². The fraction of sp³-hybridized carbons (Fsp3) is 0.455. The zero-order chi connectivity index (χ0) is 15.4. The van der Waals surface area contributed by atoms with Gasteiger partial charge in [-0.15, -0.1) is 0 Å². The minimum atomic E-state index is -2.85. The van der Waals surface area contributed by atoms with Crippen LogP contribution in [0.1, 0.15) is 6.23 Å². The molecule has 0 saturated carbocycles. The number of halogens is 2. The molecule has 0 radical (unpaired) electrons. The summed E-state index contributed by atoms with van der Waals surface area (Å²) in [5.41, 5.74) is 5.51. The van der Waals surface area contributed by atoms with Crippen molar-refractivity contribution in [1.82, 2.24) is 14.5 Å². The summed E-state index contributed by atoms with van der Waals surface area (Å²) in [6.07, 6.45) is -3.22. The second kappa shape index (κ2) is 4.56. The SMILES string of the molecule is Nc1ncnc2c1c(F)cn2[C@@H]1O[C@](F)(CO)[C@@H](O)[C@H]1O. The smallest absolute Gasteiger partial charge is 0.263 e. The predicted octanol–water partition coefficient (Wildman–Crippen LogP) is -0.939. The van der Waals surface area contributed by atoms with Gasteiger partial charge in [-0.25, -0.2) is 18.7 Å². The average molecular weight is 302 g/mol. The van der Waals surface area contributed by atoms with Gasteiger partial charge in [-0.1, -0.05) is 0 Å². The van der Waals surface area contributed by atoms with Gasteiger partial charge in [-0.2, -0.15) is 0 Å². The van der Waals surface area contributed by atoms with Crippen LogP contribution in [-0.4, -0.2) is 54.5 Å². The van der Waals surface area contributed by atoms with E-state index in [9.17, 15) is 19.0 Å². The summed E-state index contributed by atoms with van der Waals surface area (Å²) in [5, 5.41) is 28.3. The summed E-state index contributed by atoms with van der Waals surface area (Å²) in [6.45, 7) is -1.17. The van der Waals surface area contributed by atoms with Crippen molar-refractivity contribution in [3.8, 4) is 0 Å². The third-order valence-electron chi connectivity index (χ3n) is 3.46. The molecule has 0 aliphatic carbocycles. The summed E-state index contributed by atoms with van der Waals surface area (Å²) in [6, 6.07) is 0. The van der Waals surface area contributed by atoms with Gasteiger partial charge < -0.3 is 30.4 Å². The Morgan fingerprint density at radius 3 is 2.76 bits per heavy atom. The molecule has 1 aliphatic heterocycles. The number of aromatic nitrogens is 3. The summed E-state index contributed by atoms with van der Waals surface area (Å²) in [5.74, 6) is -3.76. The molecular weight excluding hydrogens is 290 g/mol. The number of alkyl halides is 1. The quantitative estimate of drug-likeness (QED) is 0.564. The molecule has 0 unspecified atom stereocenters. The molecule has 0 bridgehead atoms. The highest BCUT2D eigenvalue weighted by Crippen LogP contribution is 2.40. The molecular formula is C11H12F2N4O4. The lowest BCUT2D eigenvalue weighted by Gasteiger charge is -2.19. The van der Waals surface area contributed by atoms with Crippen molar-refractivity contribution in [2.45, 2.75) is 24.3 Å². The van der Waals surface area contributed by atoms with Crippen molar-refractivity contribution < 1.29 is 28.8 Å². The van der Waals surface area contributed by atoms with Gasteiger partial charge in [-0.05, 0) is 0 Å². The molecule has 3 rings (SSSR count). The van der Waals surface area contributed by atoms with E-state index >= 15 is 0 Å². The van der Waals surface area contributed by atoms with E-state index in [-0.39, 0.29) is 16.9 Å². The molecule has 0 amide bonds. The Hall–Kier alpha value is -1.88. The van der Waals surface area contributed by atoms with Crippen molar-refractivity contribution in [2.24, 2.45) is 0 Å². The van der Waals surface area contributed by atoms with Crippen molar-refractivity contribution >= 4 is 16.9 Å². The minimum Gasteiger partial charge on any atom is -0.390 e. The topological polar surface area (TPSA) is 127 Å². The first-order chi connectivity index (χ1) is 9.89. The first-order valence-corrected chi connectivity index (χ1v) is 5.99. The molecule has 5 N–H and O–H groups in total. The monoisotopic (exact) mass is 302 g/mol. The van der Waals surface area contributed by atoms with Crippen LogP contribution in [0.3, 0.4) is 0 Å². The summed E-state index contributed by atoms with van der Waals surface area (Å²) in [4.78, 5) is 7.45. The average Bonchev–Trinajstić information content (AvgIpc) is 2.91. The van der Waals surface area contributed by atoms with Crippen molar-refractivity contribution in [1.29, 1.82) is 0 Å². The van der Waals surface area contributed by atoms with Gasteiger partial charge in [0.15, 0.2) is 17.7 Å². The molecule has 1 saturated heterocycles. The molecule has 8 nitrogen and oxygen atoms in total. The van der Waals surface area contributed by atoms with E-state index in [0.717, 1.165) is 17.1 Å². The minimum absolute atomic E-state index is 0.0292. The van der Waals surface area contributed by atoms with Crippen LogP contribution >= 0.6 is 0 Å². The highest BCUT2D eigenvalue weighted by Gasteiger charge is 2.56. The number of nitrogens with two attached hydrogens (primary N) is 1. The first-order valence-electron chi connectivity index (χ1n) is 5.99. The Bertz CT molecular complexity index is 696. The zero-order valence-electron chi connectivity index (χ0n) is 10.5. The maximum atomic E-state index is 14.1. The first kappa shape index (κ1) is 14.1. The van der Waals surface area contributed by atoms with Gasteiger partial charge >= 0.3 is 0 Å². The molecule has 0 aromatic carbocycles. The van der Waals surface area contributed by atoms with E-state index in [2.05, 4.69) is 9.97 Å². The normalized spacial score (nSPS) is 32.9. The van der Waals surface area contributed by atoms with Gasteiger partial charge in [0.25, 0.3) is 5.85 Å². The van der Waals surface area contributed by atoms with Crippen molar-refractivity contribution in [2.75, 3.05) is 12.3 Å². The number of ether oxygens (including phenoxy) is 1. The van der Waals surface area contributed by atoms with Gasteiger partial charge in [0.1, 0.15) is 31.0 Å². The Labute approximate surface area is 116 Å². The standard InChI is InChI=1S/C11H12F2N4O4/c12-4-1-17(9-5(4)8(14)15-3-16-9)10-6(19)7(20)11(13,2-18)21-10/h1,3,6-7,10,18-20H,2H2,(H2,14,15,16)/t6-,7+,10-,11-/m1/s1. The van der Waals surface area contributed by atoms with Gasteiger partial charge in [0, 0.05) is 6.20 Å². The lowest BCUT2D eigenvalue weighted by atomic mass is 10.1. The van der Waals surface area contributed by atoms with Gasteiger partial charge in [0.05, 0.1) is 5.39 Å². The Morgan fingerprint density at radius 2 is 2.14 bits per heavy atom. The highest BCUT2D eigenvalue weighted by molar-refractivity contribution is 5.86. The number of hydrogen-bond acceptors (Lipinski definition) is 7. The van der Waals surface area contributed by atoms with Crippen LogP contribution in [0.5, 0.6) is 0 Å². The zero-order valence-corrected chi connectivity index (χ0v) is 10.5. The van der Waals surface area contributed by atoms with Crippen LogP contribution in [0, 0.1) is 5.82 Å². The van der Waals surface area contributed by atoms with Crippen LogP contribution in [0.2, 0.25) is 0 Å². The fourth-order valence-corrected chi connectivity index (χ4v) is 2.36. The van der Waals surface area contributed by atoms with Crippen molar-refractivity contribution in [3.63, 3.8) is 0 Å². The Kier molecular flexibility index (Phi) is 3.06. The predicted molar refractivity (Wildman–Crippen MR) is 65.0 cm³/mol. The Morgan fingerprint density at radius 1 is 1.43 bits per heavy atom. The molecule has 1 aliphatic rings. The number of fused-ring (bicyclic) bond motifs is 1. The van der Waals surface area contributed by atoms with Crippen LogP contribution in [0.15, 0.2) is 12.5 Å². The summed E-state index contributed by atoms with van der Waals surface area (Å²) < 4.78 is 33.8. The van der Waals surface area contributed by atoms with E-state index in [0.29, 0.717) is 0 Å². The van der Waals surface area contributed by atoms with E-state index in [4.69, 9.17) is 15.6 Å². The number of rotatable bonds is 2. The maximum Gasteiger partial charge on any atom is 0.263 e. The number of nitrogens with zero attached hydrogens (tertiary/aromatic N) is 3. The molecule has 2 aromatic rings. The third-order valence-corrected chi connectivity index (χ3v) is 3.46. The van der Waals surface area contributed by atoms with E-state index in [1.54, 1.807) is 0 Å². The van der Waals surface area contributed by atoms with Crippen LogP contribution in [0.25, 0.3) is 11.0 Å². The third kappa shape index (κ3) is 1.87. The largest absolute Gasteiger partial charge is 0.390 e. The maximum absolute atomic E-state index is 14.1. The molecule has 21 heavy (non-hydrogen) atoms. The molecule has 114 valence electrons. The van der Waals surface area contributed by atoms with E-state index in [1.807, 2.05) is 0 Å². The van der Waals surface area contributed by atoms with E-state index < -0.39 is 36.7 Å². The number of anilines is 1. The number of hydrogen-bond donors (Lipinski definition) is 4. The number of nitrogen functional groups attached to an aromatic ring is 1. The van der Waals surface area contributed by atoms with Crippen molar-refractivity contribution in [3.05, 3.63) is 18.3 Å². The Balaban J connectivity index is 2.12. The van der Waals surface area contributed by atoms with Gasteiger partial charge in [-0.3, -0.25) is 0 Å². The van der Waals surface area contributed by atoms with Crippen LogP contribution in [-0.2, 0) is 4.74 Å². The molecule has 4 atom stereocenters. The lowest BCUT2D eigenvalue weighted by molar-refractivity contribution is -0.206. The second-order valence-electron chi connectivity index (χ2n) is 4.73. The summed E-state index contributed by atoms with van der Waals surface area (Å²) in [7, 11) is 0. The van der Waals surface area contributed by atoms with Crippen LogP contribution < -0.4 is 5.73 Å². The summed E-state index contributed by atoms with van der Waals surface area (Å²) >= 11 is 0. The number of aliphatic hydroxyl groups is 3. The molecule has 2 aromatic heterocycles. The van der Waals surface area contributed by atoms with Gasteiger partial charge in [0.2, 0.25) is 0 Å². The highest BCUT2D eigenvalue weighted by atomic mass is 19.2. The molecule has 10 heteroatoms. The fourth-order valence-electron chi connectivity index (χ4n) is 2.36. The number of aliphatic hydroxyl groups excluding tert-OH is 3. The molecule has 3 heterocycles. The molecule has 1 fully saturated rings. The molecule has 0 spiro atoms. The lowest BCUT2D eigenvalue weighted by Crippen LogP contribution is -2.42.